The number of nitrogens with two attached hydrogens (primary N) is 1. The van der Waals surface area contributed by atoms with Gasteiger partial charge in [-0.2, -0.15) is 0 Å². The Labute approximate surface area is 101 Å². The predicted molar refractivity (Wildman–Crippen MR) is 60.3 cm³/mol. The van der Waals surface area contributed by atoms with E-state index >= 15 is 0 Å². The maximum atomic E-state index is 13.5. The molecule has 1 saturated carbocycles. The molecule has 0 saturated heterocycles. The zero-order valence-corrected chi connectivity index (χ0v) is 9.95. The molecular formula is C11H11BrFNO2. The zero-order valence-electron chi connectivity index (χ0n) is 8.36. The highest BCUT2D eigenvalue weighted by Crippen LogP contribution is 2.47. The Morgan fingerprint density at radius 2 is 2.31 bits per heavy atom. The summed E-state index contributed by atoms with van der Waals surface area (Å²) in [6.45, 7) is 0. The highest BCUT2D eigenvalue weighted by molar-refractivity contribution is 9.10. The van der Waals surface area contributed by atoms with Crippen molar-refractivity contribution in [3.8, 4) is 0 Å². The van der Waals surface area contributed by atoms with Gasteiger partial charge in [-0.3, -0.25) is 4.79 Å². The third-order valence-corrected chi connectivity index (χ3v) is 3.43. The summed E-state index contributed by atoms with van der Waals surface area (Å²) in [7, 11) is 0. The van der Waals surface area contributed by atoms with Crippen LogP contribution in [0.15, 0.2) is 22.7 Å². The van der Waals surface area contributed by atoms with Gasteiger partial charge in [-0.1, -0.05) is 15.9 Å². The van der Waals surface area contributed by atoms with E-state index in [0.717, 1.165) is 4.47 Å². The lowest BCUT2D eigenvalue weighted by Gasteiger charge is -2.12. The number of carboxylic acid groups (broad SMARTS) is 1. The molecule has 1 aromatic rings. The van der Waals surface area contributed by atoms with Crippen LogP contribution >= 0.6 is 15.9 Å². The van der Waals surface area contributed by atoms with Crippen LogP contribution in [0.4, 0.5) is 4.39 Å². The minimum atomic E-state index is -0.851. The van der Waals surface area contributed by atoms with Gasteiger partial charge in [0.25, 0.3) is 0 Å². The SMILES string of the molecule is NC(c1cc(Br)ccc1F)C1CC1C(=O)O. The fourth-order valence-corrected chi connectivity index (χ4v) is 2.27. The van der Waals surface area contributed by atoms with Crippen molar-refractivity contribution in [2.24, 2.45) is 17.6 Å². The first-order valence-corrected chi connectivity index (χ1v) is 5.73. The van der Waals surface area contributed by atoms with Crippen LogP contribution in [0, 0.1) is 17.7 Å². The molecule has 0 aliphatic heterocycles. The summed E-state index contributed by atoms with van der Waals surface area (Å²) < 4.78 is 14.2. The fraction of sp³-hybridized carbons (Fsp3) is 0.364. The van der Waals surface area contributed by atoms with Crippen molar-refractivity contribution in [2.75, 3.05) is 0 Å². The lowest BCUT2D eigenvalue weighted by molar-refractivity contribution is -0.138. The van der Waals surface area contributed by atoms with E-state index in [1.54, 1.807) is 12.1 Å². The van der Waals surface area contributed by atoms with Crippen LogP contribution in [0.1, 0.15) is 18.0 Å². The molecule has 2 rings (SSSR count). The molecule has 0 spiro atoms. The van der Waals surface area contributed by atoms with Gasteiger partial charge in [0.2, 0.25) is 0 Å². The Morgan fingerprint density at radius 3 is 2.88 bits per heavy atom. The Morgan fingerprint density at radius 1 is 1.62 bits per heavy atom. The Hall–Kier alpha value is -0.940. The van der Waals surface area contributed by atoms with Crippen LogP contribution in [0.3, 0.4) is 0 Å². The van der Waals surface area contributed by atoms with Gasteiger partial charge in [-0.05, 0) is 30.5 Å². The molecule has 0 bridgehead atoms. The van der Waals surface area contributed by atoms with Crippen molar-refractivity contribution in [3.63, 3.8) is 0 Å². The van der Waals surface area contributed by atoms with Gasteiger partial charge in [-0.15, -0.1) is 0 Å². The van der Waals surface area contributed by atoms with Crippen molar-refractivity contribution in [1.82, 2.24) is 0 Å². The average Bonchev–Trinajstić information content (AvgIpc) is 3.00. The third-order valence-electron chi connectivity index (χ3n) is 2.94. The second-order valence-electron chi connectivity index (χ2n) is 4.04. The minimum Gasteiger partial charge on any atom is -0.481 e. The van der Waals surface area contributed by atoms with E-state index in [-0.39, 0.29) is 11.7 Å². The number of carboxylic acids is 1. The quantitative estimate of drug-likeness (QED) is 0.897. The monoisotopic (exact) mass is 287 g/mol. The molecule has 86 valence electrons. The van der Waals surface area contributed by atoms with Gasteiger partial charge in [0.1, 0.15) is 5.82 Å². The zero-order chi connectivity index (χ0) is 11.9. The van der Waals surface area contributed by atoms with Crippen LogP contribution in [0.5, 0.6) is 0 Å². The number of hydrogen-bond acceptors (Lipinski definition) is 2. The summed E-state index contributed by atoms with van der Waals surface area (Å²) in [6, 6.07) is 3.99. The molecule has 1 aliphatic rings. The van der Waals surface area contributed by atoms with Gasteiger partial charge >= 0.3 is 5.97 Å². The maximum absolute atomic E-state index is 13.5. The fourth-order valence-electron chi connectivity index (χ4n) is 1.90. The van der Waals surface area contributed by atoms with E-state index in [9.17, 15) is 9.18 Å². The van der Waals surface area contributed by atoms with Crippen molar-refractivity contribution < 1.29 is 14.3 Å². The molecule has 16 heavy (non-hydrogen) atoms. The highest BCUT2D eigenvalue weighted by atomic mass is 79.9. The topological polar surface area (TPSA) is 63.3 Å². The molecular weight excluding hydrogens is 277 g/mol. The molecule has 0 aromatic heterocycles. The van der Waals surface area contributed by atoms with Gasteiger partial charge in [0, 0.05) is 16.1 Å². The molecule has 1 aromatic carbocycles. The smallest absolute Gasteiger partial charge is 0.306 e. The molecule has 1 fully saturated rings. The molecule has 1 aliphatic carbocycles. The highest BCUT2D eigenvalue weighted by Gasteiger charge is 2.47. The van der Waals surface area contributed by atoms with E-state index in [2.05, 4.69) is 15.9 Å². The summed E-state index contributed by atoms with van der Waals surface area (Å²) in [5.74, 6) is -1.81. The Bertz CT molecular complexity index is 438. The first-order valence-electron chi connectivity index (χ1n) is 4.94. The molecule has 5 heteroatoms. The summed E-state index contributed by atoms with van der Waals surface area (Å²) in [5, 5.41) is 8.78. The molecule has 0 amide bonds. The van der Waals surface area contributed by atoms with E-state index in [1.165, 1.54) is 6.07 Å². The van der Waals surface area contributed by atoms with Gasteiger partial charge in [0.05, 0.1) is 5.92 Å². The normalized spacial score (nSPS) is 25.2. The van der Waals surface area contributed by atoms with Gasteiger partial charge in [0.15, 0.2) is 0 Å². The summed E-state index contributed by atoms with van der Waals surface area (Å²) in [5.41, 5.74) is 6.25. The number of aliphatic carboxylic acids is 1. The van der Waals surface area contributed by atoms with E-state index in [1.807, 2.05) is 0 Å². The van der Waals surface area contributed by atoms with Crippen molar-refractivity contribution in [3.05, 3.63) is 34.1 Å². The van der Waals surface area contributed by atoms with Gasteiger partial charge in [-0.25, -0.2) is 4.39 Å². The van der Waals surface area contributed by atoms with E-state index < -0.39 is 17.9 Å². The van der Waals surface area contributed by atoms with Crippen LogP contribution in [0.25, 0.3) is 0 Å². The minimum absolute atomic E-state index is 0.152. The molecule has 3 unspecified atom stereocenters. The van der Waals surface area contributed by atoms with Crippen LogP contribution in [-0.2, 0) is 4.79 Å². The summed E-state index contributed by atoms with van der Waals surface area (Å²) in [6.07, 6.45) is 0.530. The molecule has 3 nitrogen and oxygen atoms in total. The first kappa shape index (κ1) is 11.5. The van der Waals surface area contributed by atoms with Crippen molar-refractivity contribution in [1.29, 1.82) is 0 Å². The van der Waals surface area contributed by atoms with E-state index in [4.69, 9.17) is 10.8 Å². The predicted octanol–water partition coefficient (Wildman–Crippen LogP) is 2.31. The maximum Gasteiger partial charge on any atom is 0.306 e. The van der Waals surface area contributed by atoms with Crippen LogP contribution in [-0.4, -0.2) is 11.1 Å². The Balaban J connectivity index is 2.19. The average molecular weight is 288 g/mol. The number of hydrogen-bond donors (Lipinski definition) is 2. The van der Waals surface area contributed by atoms with Crippen LogP contribution in [0.2, 0.25) is 0 Å². The standard InChI is InChI=1S/C11H11BrFNO2/c12-5-1-2-9(13)8(3-5)10(14)6-4-7(6)11(15)16/h1-3,6-7,10H,4,14H2,(H,15,16). The molecule has 3 atom stereocenters. The number of benzene rings is 1. The number of rotatable bonds is 3. The largest absolute Gasteiger partial charge is 0.481 e. The lowest BCUT2D eigenvalue weighted by atomic mass is 10.0. The van der Waals surface area contributed by atoms with E-state index in [0.29, 0.717) is 12.0 Å². The lowest BCUT2D eigenvalue weighted by Crippen LogP contribution is -2.17. The van der Waals surface area contributed by atoms with Crippen molar-refractivity contribution in [2.45, 2.75) is 12.5 Å². The second kappa shape index (κ2) is 4.14. The summed E-state index contributed by atoms with van der Waals surface area (Å²) >= 11 is 3.24. The molecule has 0 heterocycles. The first-order chi connectivity index (χ1) is 7.50. The third kappa shape index (κ3) is 2.10. The summed E-state index contributed by atoms with van der Waals surface area (Å²) in [4.78, 5) is 10.7. The van der Waals surface area contributed by atoms with Crippen LogP contribution < -0.4 is 5.73 Å². The van der Waals surface area contributed by atoms with Crippen molar-refractivity contribution >= 4 is 21.9 Å². The number of carbonyl (C=O) groups is 1. The molecule has 0 radical (unpaired) electrons. The number of halogens is 2. The molecule has 3 N–H and O–H groups in total. The van der Waals surface area contributed by atoms with Gasteiger partial charge < -0.3 is 10.8 Å². The second-order valence-corrected chi connectivity index (χ2v) is 4.95. The Kier molecular flexibility index (Phi) is 2.99.